The molecule has 1 aliphatic carbocycles. The predicted molar refractivity (Wildman–Crippen MR) is 93.6 cm³/mol. The molecule has 2 rings (SSSR count). The summed E-state index contributed by atoms with van der Waals surface area (Å²) in [4.78, 5) is 0. The molecule has 152 valence electrons. The number of benzene rings is 1. The fourth-order valence-corrected chi connectivity index (χ4v) is 3.35. The summed E-state index contributed by atoms with van der Waals surface area (Å²) in [6, 6.07) is 7.38. The van der Waals surface area contributed by atoms with Crippen LogP contribution in [0.1, 0.15) is 56.6 Å². The van der Waals surface area contributed by atoms with Gasteiger partial charge in [-0.3, -0.25) is 0 Å². The van der Waals surface area contributed by atoms with Gasteiger partial charge in [0.1, 0.15) is 0 Å². The van der Waals surface area contributed by atoms with Crippen molar-refractivity contribution in [2.45, 2.75) is 70.0 Å². The van der Waals surface area contributed by atoms with Crippen LogP contribution in [0.3, 0.4) is 0 Å². The van der Waals surface area contributed by atoms with Crippen molar-refractivity contribution in [3.8, 4) is 0 Å². The molecule has 2 atom stereocenters. The van der Waals surface area contributed by atoms with Crippen molar-refractivity contribution in [2.75, 3.05) is 0 Å². The van der Waals surface area contributed by atoms with Crippen LogP contribution in [0.15, 0.2) is 24.3 Å². The molecule has 0 amide bonds. The van der Waals surface area contributed by atoms with E-state index >= 15 is 0 Å². The first-order valence-corrected chi connectivity index (χ1v) is 9.83. The fraction of sp³-hybridized carbons (Fsp3) is 0.647. The molecule has 3 N–H and O–H groups in total. The molecule has 9 heteroatoms. The summed E-state index contributed by atoms with van der Waals surface area (Å²) in [7, 11) is -5.26. The van der Waals surface area contributed by atoms with Gasteiger partial charge in [0.15, 0.2) is 0 Å². The topological polar surface area (TPSA) is 72.2 Å². The minimum Gasteiger partial charge on any atom is -0.326 e. The van der Waals surface area contributed by atoms with Gasteiger partial charge in [-0.15, -0.1) is 0 Å². The van der Waals surface area contributed by atoms with Gasteiger partial charge in [-0.1, -0.05) is 56.5 Å². The minimum absolute atomic E-state index is 0. The van der Waals surface area contributed by atoms with Crippen molar-refractivity contribution in [2.24, 2.45) is 5.73 Å². The zero-order valence-corrected chi connectivity index (χ0v) is 17.7. The summed E-state index contributed by atoms with van der Waals surface area (Å²) in [5, 5.41) is 0. The second-order valence-corrected chi connectivity index (χ2v) is 8.39. The van der Waals surface area contributed by atoms with Gasteiger partial charge in [0.05, 0.1) is 0 Å². The molecule has 0 bridgehead atoms. The Hall–Kier alpha value is -0.497. The molecule has 26 heavy (non-hydrogen) atoms. The quantitative estimate of drug-likeness (QED) is 0.645. The van der Waals surface area contributed by atoms with Crippen molar-refractivity contribution >= 4 is 10.0 Å². The SMILES string of the molecule is Cc1ccc(C(C)C)cc1.N[C@@H]1CCCC[C@H]1NS(=O)(=O)C(F)(F)F.[Ru]. The molecule has 0 radical (unpaired) electrons. The van der Waals surface area contributed by atoms with Crippen LogP contribution in [0.2, 0.25) is 0 Å². The van der Waals surface area contributed by atoms with E-state index in [0.29, 0.717) is 25.2 Å². The second kappa shape index (κ2) is 10.7. The summed E-state index contributed by atoms with van der Waals surface area (Å²) in [6.07, 6.45) is 2.42. The Morgan fingerprint density at radius 2 is 1.62 bits per heavy atom. The first-order chi connectivity index (χ1) is 11.4. The van der Waals surface area contributed by atoms with Crippen molar-refractivity contribution in [3.05, 3.63) is 35.4 Å². The standard InChI is InChI=1S/C10H14.C7H13F3N2O2S.Ru/c1-8(2)10-6-4-9(3)5-7-10;8-7(9,10)15(13,14)12-6-4-2-1-3-5(6)11;/h4-8H,1-3H3;5-6,12H,1-4,11H2;/t;5-,6-;/m.1./s1. The molecule has 0 saturated heterocycles. The van der Waals surface area contributed by atoms with E-state index in [4.69, 9.17) is 5.73 Å². The summed E-state index contributed by atoms with van der Waals surface area (Å²) in [5.41, 5.74) is 3.03. The smallest absolute Gasteiger partial charge is 0.326 e. The van der Waals surface area contributed by atoms with Crippen LogP contribution in [0, 0.1) is 6.92 Å². The Morgan fingerprint density at radius 3 is 2.04 bits per heavy atom. The molecule has 4 nitrogen and oxygen atoms in total. The summed E-state index contributed by atoms with van der Waals surface area (Å²) >= 11 is 0. The average Bonchev–Trinajstić information content (AvgIpc) is 2.49. The maximum Gasteiger partial charge on any atom is 0.511 e. The van der Waals surface area contributed by atoms with E-state index in [0.717, 1.165) is 6.42 Å². The first kappa shape index (κ1) is 25.5. The van der Waals surface area contributed by atoms with E-state index in [1.807, 2.05) is 0 Å². The Bertz CT molecular complexity index is 634. The van der Waals surface area contributed by atoms with E-state index in [1.54, 1.807) is 4.72 Å². The van der Waals surface area contributed by atoms with Crippen LogP contribution in [-0.2, 0) is 29.5 Å². The van der Waals surface area contributed by atoms with Crippen LogP contribution in [0.4, 0.5) is 13.2 Å². The van der Waals surface area contributed by atoms with Crippen LogP contribution < -0.4 is 10.5 Å². The Morgan fingerprint density at radius 1 is 1.12 bits per heavy atom. The van der Waals surface area contributed by atoms with E-state index in [2.05, 4.69) is 45.0 Å². The molecule has 0 unspecified atom stereocenters. The van der Waals surface area contributed by atoms with Crippen LogP contribution in [0.5, 0.6) is 0 Å². The molecule has 0 aromatic heterocycles. The third kappa shape index (κ3) is 8.03. The van der Waals surface area contributed by atoms with Crippen molar-refractivity contribution in [1.29, 1.82) is 0 Å². The van der Waals surface area contributed by atoms with Gasteiger partial charge in [-0.25, -0.2) is 13.1 Å². The zero-order chi connectivity index (χ0) is 19.3. The van der Waals surface area contributed by atoms with Crippen molar-refractivity contribution in [3.63, 3.8) is 0 Å². The van der Waals surface area contributed by atoms with E-state index in [9.17, 15) is 21.6 Å². The number of nitrogens with two attached hydrogens (primary N) is 1. The third-order valence-corrected chi connectivity index (χ3v) is 5.40. The van der Waals surface area contributed by atoms with Gasteiger partial charge in [-0.05, 0) is 31.2 Å². The number of rotatable bonds is 3. The Balaban J connectivity index is 0.000000497. The van der Waals surface area contributed by atoms with Crippen molar-refractivity contribution in [1.82, 2.24) is 4.72 Å². The van der Waals surface area contributed by atoms with Crippen LogP contribution >= 0.6 is 0 Å². The number of sulfonamides is 1. The molecular formula is C17H27F3N2O2RuS. The van der Waals surface area contributed by atoms with E-state index < -0.39 is 27.6 Å². The number of hydrogen-bond acceptors (Lipinski definition) is 3. The maximum atomic E-state index is 12.0. The average molecular weight is 482 g/mol. The van der Waals surface area contributed by atoms with Crippen LogP contribution in [0.25, 0.3) is 0 Å². The fourth-order valence-electron chi connectivity index (χ4n) is 2.52. The number of hydrogen-bond donors (Lipinski definition) is 2. The normalized spacial score (nSPS) is 20.8. The van der Waals surface area contributed by atoms with E-state index in [-0.39, 0.29) is 19.5 Å². The van der Waals surface area contributed by atoms with E-state index in [1.165, 1.54) is 11.1 Å². The molecule has 0 aliphatic heterocycles. The number of alkyl halides is 3. The maximum absolute atomic E-state index is 12.0. The number of aryl methyl sites for hydroxylation is 1. The molecule has 1 saturated carbocycles. The Labute approximate surface area is 166 Å². The molecule has 1 fully saturated rings. The predicted octanol–water partition coefficient (Wildman–Crippen LogP) is 3.81. The van der Waals surface area contributed by atoms with Crippen LogP contribution in [-0.4, -0.2) is 26.0 Å². The zero-order valence-electron chi connectivity index (χ0n) is 15.2. The van der Waals surface area contributed by atoms with Crippen molar-refractivity contribution < 1.29 is 41.1 Å². The van der Waals surface area contributed by atoms with Gasteiger partial charge >= 0.3 is 15.5 Å². The van der Waals surface area contributed by atoms with Gasteiger partial charge in [-0.2, -0.15) is 13.2 Å². The number of nitrogens with one attached hydrogen (secondary N) is 1. The molecule has 0 heterocycles. The van der Waals surface area contributed by atoms with Gasteiger partial charge in [0.25, 0.3) is 0 Å². The third-order valence-electron chi connectivity index (χ3n) is 4.17. The molecule has 1 aromatic rings. The summed E-state index contributed by atoms with van der Waals surface area (Å²) in [5.74, 6) is 0.653. The summed E-state index contributed by atoms with van der Waals surface area (Å²) < 4.78 is 59.2. The number of halogens is 3. The minimum atomic E-state index is -5.26. The van der Waals surface area contributed by atoms with Gasteiger partial charge < -0.3 is 5.73 Å². The second-order valence-electron chi connectivity index (χ2n) is 6.69. The van der Waals surface area contributed by atoms with Gasteiger partial charge in [0.2, 0.25) is 0 Å². The first-order valence-electron chi connectivity index (χ1n) is 8.35. The van der Waals surface area contributed by atoms with Gasteiger partial charge in [0, 0.05) is 31.6 Å². The molecule has 0 spiro atoms. The molecule has 1 aliphatic rings. The largest absolute Gasteiger partial charge is 0.511 e. The summed E-state index contributed by atoms with van der Waals surface area (Å²) in [6.45, 7) is 6.54. The Kier molecular flexibility index (Phi) is 10.5. The monoisotopic (exact) mass is 482 g/mol. The molecule has 1 aromatic carbocycles. The molecular weight excluding hydrogens is 454 g/mol.